The largest absolute Gasteiger partial charge is 0.393 e. The Kier molecular flexibility index (Phi) is 3.46. The zero-order valence-corrected chi connectivity index (χ0v) is 10.7. The number of rotatable bonds is 3. The van der Waals surface area contributed by atoms with Gasteiger partial charge in [0.05, 0.1) is 18.0 Å². The Hall–Kier alpha value is -1.88. The first kappa shape index (κ1) is 12.2. The van der Waals surface area contributed by atoms with Gasteiger partial charge in [-0.05, 0) is 43.9 Å². The van der Waals surface area contributed by atoms with E-state index in [9.17, 15) is 5.11 Å². The van der Waals surface area contributed by atoms with Crippen LogP contribution in [0.5, 0.6) is 0 Å². The van der Waals surface area contributed by atoms with Gasteiger partial charge in [-0.1, -0.05) is 0 Å². The van der Waals surface area contributed by atoms with Crippen molar-refractivity contribution in [1.82, 2.24) is 14.8 Å². The first-order chi connectivity index (χ1) is 9.31. The van der Waals surface area contributed by atoms with Crippen molar-refractivity contribution in [3.63, 3.8) is 0 Å². The number of aliphatic hydroxyl groups is 1. The summed E-state index contributed by atoms with van der Waals surface area (Å²) in [4.78, 5) is 4.39. The molecule has 2 aromatic heterocycles. The molecular weight excluding hydrogens is 240 g/mol. The van der Waals surface area contributed by atoms with E-state index < -0.39 is 0 Å². The van der Waals surface area contributed by atoms with Crippen molar-refractivity contribution in [2.24, 2.45) is 0 Å². The van der Waals surface area contributed by atoms with Crippen LogP contribution in [0.4, 0.5) is 5.69 Å². The second kappa shape index (κ2) is 5.40. The lowest BCUT2D eigenvalue weighted by atomic mass is 9.93. The highest BCUT2D eigenvalue weighted by Gasteiger charge is 2.18. The summed E-state index contributed by atoms with van der Waals surface area (Å²) in [6.45, 7) is 0. The maximum Gasteiger partial charge on any atom is 0.153 e. The van der Waals surface area contributed by atoms with Gasteiger partial charge < -0.3 is 10.4 Å². The molecule has 0 aliphatic heterocycles. The minimum atomic E-state index is -0.113. The van der Waals surface area contributed by atoms with E-state index >= 15 is 0 Å². The van der Waals surface area contributed by atoms with Gasteiger partial charge in [-0.3, -0.25) is 0 Å². The Morgan fingerprint density at radius 3 is 2.68 bits per heavy atom. The smallest absolute Gasteiger partial charge is 0.153 e. The maximum absolute atomic E-state index is 9.49. The molecule has 0 amide bonds. The van der Waals surface area contributed by atoms with E-state index in [-0.39, 0.29) is 6.10 Å². The van der Waals surface area contributed by atoms with E-state index in [1.807, 2.05) is 30.6 Å². The third-order valence-corrected chi connectivity index (χ3v) is 3.55. The maximum atomic E-state index is 9.49. The van der Waals surface area contributed by atoms with Crippen LogP contribution in [0.1, 0.15) is 25.7 Å². The molecule has 1 aliphatic rings. The molecule has 0 bridgehead atoms. The monoisotopic (exact) mass is 258 g/mol. The summed E-state index contributed by atoms with van der Waals surface area (Å²) in [5, 5.41) is 17.1. The van der Waals surface area contributed by atoms with Gasteiger partial charge in [-0.2, -0.15) is 5.10 Å². The van der Waals surface area contributed by atoms with Crippen molar-refractivity contribution < 1.29 is 5.11 Å². The van der Waals surface area contributed by atoms with Crippen LogP contribution >= 0.6 is 0 Å². The van der Waals surface area contributed by atoms with Crippen molar-refractivity contribution in [3.05, 3.63) is 36.8 Å². The molecule has 0 aromatic carbocycles. The van der Waals surface area contributed by atoms with E-state index in [0.29, 0.717) is 6.04 Å². The quantitative estimate of drug-likeness (QED) is 0.883. The Morgan fingerprint density at radius 2 is 2.05 bits per heavy atom. The highest BCUT2D eigenvalue weighted by Crippen LogP contribution is 2.22. The number of anilines is 1. The van der Waals surface area contributed by atoms with Crippen LogP contribution in [-0.4, -0.2) is 32.0 Å². The first-order valence-electron chi connectivity index (χ1n) is 6.72. The van der Waals surface area contributed by atoms with Gasteiger partial charge in [0, 0.05) is 18.4 Å². The van der Waals surface area contributed by atoms with Crippen molar-refractivity contribution in [2.75, 3.05) is 5.32 Å². The van der Waals surface area contributed by atoms with Gasteiger partial charge in [0.1, 0.15) is 0 Å². The number of hydrogen-bond donors (Lipinski definition) is 2. The molecule has 19 heavy (non-hydrogen) atoms. The number of hydrogen-bond acceptors (Lipinski definition) is 4. The predicted molar refractivity (Wildman–Crippen MR) is 73.2 cm³/mol. The lowest BCUT2D eigenvalue weighted by Crippen LogP contribution is -2.28. The molecule has 0 radical (unpaired) electrons. The highest BCUT2D eigenvalue weighted by molar-refractivity contribution is 5.44. The SMILES string of the molecule is OC1CCC(Nc2ccc(-n3cccn3)nc2)CC1. The molecule has 2 N–H and O–H groups in total. The standard InChI is InChI=1S/C14H18N4O/c19-13-5-2-11(3-6-13)17-12-4-7-14(15-10-12)18-9-1-8-16-18/h1,4,7-11,13,17,19H,2-3,5-6H2. The van der Waals surface area contributed by atoms with Gasteiger partial charge in [0.15, 0.2) is 5.82 Å². The summed E-state index contributed by atoms with van der Waals surface area (Å²) < 4.78 is 1.74. The highest BCUT2D eigenvalue weighted by atomic mass is 16.3. The molecule has 2 heterocycles. The summed E-state index contributed by atoms with van der Waals surface area (Å²) in [6.07, 6.45) is 9.14. The number of nitrogens with one attached hydrogen (secondary N) is 1. The summed E-state index contributed by atoms with van der Waals surface area (Å²) in [5.74, 6) is 0.814. The first-order valence-corrected chi connectivity index (χ1v) is 6.72. The van der Waals surface area contributed by atoms with Gasteiger partial charge in [0.2, 0.25) is 0 Å². The van der Waals surface area contributed by atoms with Crippen molar-refractivity contribution in [1.29, 1.82) is 0 Å². The van der Waals surface area contributed by atoms with Crippen LogP contribution in [0.3, 0.4) is 0 Å². The fourth-order valence-electron chi connectivity index (χ4n) is 2.47. The molecule has 0 atom stereocenters. The summed E-state index contributed by atoms with van der Waals surface area (Å²) in [5.41, 5.74) is 1.03. The van der Waals surface area contributed by atoms with Crippen LogP contribution in [-0.2, 0) is 0 Å². The zero-order chi connectivity index (χ0) is 13.1. The molecule has 1 fully saturated rings. The molecule has 1 saturated carbocycles. The third kappa shape index (κ3) is 2.93. The zero-order valence-electron chi connectivity index (χ0n) is 10.7. The third-order valence-electron chi connectivity index (χ3n) is 3.55. The number of aliphatic hydroxyl groups excluding tert-OH is 1. The van der Waals surface area contributed by atoms with Gasteiger partial charge in [0.25, 0.3) is 0 Å². The molecular formula is C14H18N4O. The van der Waals surface area contributed by atoms with Crippen molar-refractivity contribution in [2.45, 2.75) is 37.8 Å². The van der Waals surface area contributed by atoms with E-state index in [1.165, 1.54) is 0 Å². The van der Waals surface area contributed by atoms with E-state index in [1.54, 1.807) is 10.9 Å². The Labute approximate surface area is 112 Å². The molecule has 0 spiro atoms. The fraction of sp³-hybridized carbons (Fsp3) is 0.429. The van der Waals surface area contributed by atoms with Gasteiger partial charge in [-0.25, -0.2) is 9.67 Å². The summed E-state index contributed by atoms with van der Waals surface area (Å²) >= 11 is 0. The lowest BCUT2D eigenvalue weighted by Gasteiger charge is -2.26. The fourth-order valence-corrected chi connectivity index (χ4v) is 2.47. The Balaban J connectivity index is 1.63. The molecule has 3 rings (SSSR count). The molecule has 0 unspecified atom stereocenters. The number of aromatic nitrogens is 3. The van der Waals surface area contributed by atoms with Crippen LogP contribution in [0.2, 0.25) is 0 Å². The van der Waals surface area contributed by atoms with E-state index in [2.05, 4.69) is 15.4 Å². The minimum Gasteiger partial charge on any atom is -0.393 e. The molecule has 1 aliphatic carbocycles. The van der Waals surface area contributed by atoms with Crippen LogP contribution in [0.15, 0.2) is 36.8 Å². The molecule has 5 nitrogen and oxygen atoms in total. The summed E-state index contributed by atoms with van der Waals surface area (Å²) in [7, 11) is 0. The minimum absolute atomic E-state index is 0.113. The normalized spacial score (nSPS) is 23.2. The second-order valence-corrected chi connectivity index (χ2v) is 5.01. The molecule has 0 saturated heterocycles. The summed E-state index contributed by atoms with van der Waals surface area (Å²) in [6, 6.07) is 6.30. The van der Waals surface area contributed by atoms with Gasteiger partial charge >= 0.3 is 0 Å². The van der Waals surface area contributed by atoms with Gasteiger partial charge in [-0.15, -0.1) is 0 Å². The van der Waals surface area contributed by atoms with E-state index in [4.69, 9.17) is 0 Å². The average Bonchev–Trinajstić information content (AvgIpc) is 2.96. The second-order valence-electron chi connectivity index (χ2n) is 5.01. The van der Waals surface area contributed by atoms with Crippen LogP contribution in [0.25, 0.3) is 5.82 Å². The molecule has 2 aromatic rings. The van der Waals surface area contributed by atoms with Crippen molar-refractivity contribution in [3.8, 4) is 5.82 Å². The van der Waals surface area contributed by atoms with Crippen LogP contribution in [0, 0.1) is 0 Å². The molecule has 100 valence electrons. The average molecular weight is 258 g/mol. The van der Waals surface area contributed by atoms with Crippen molar-refractivity contribution >= 4 is 5.69 Å². The van der Waals surface area contributed by atoms with E-state index in [0.717, 1.165) is 37.2 Å². The lowest BCUT2D eigenvalue weighted by molar-refractivity contribution is 0.126. The Morgan fingerprint density at radius 1 is 1.21 bits per heavy atom. The molecule has 5 heteroatoms. The van der Waals surface area contributed by atoms with Crippen LogP contribution < -0.4 is 5.32 Å². The topological polar surface area (TPSA) is 63.0 Å². The predicted octanol–water partition coefficient (Wildman–Crippen LogP) is 1.98. The Bertz CT molecular complexity index is 501. The number of pyridine rings is 1. The number of nitrogens with zero attached hydrogens (tertiary/aromatic N) is 3.